The topological polar surface area (TPSA) is 86.7 Å². The SMILES string of the molecule is COC(=O)CC[C@H](C)[C@@H]1CC[C@@H]2[C@@H]3CC[C@@H]4C[C@H](OS(=O)(=O)c5ccc(C)cc5)CC[C@]4(C)[C@@H]3CC(=O)[C@@]21C. The van der Waals surface area contributed by atoms with E-state index < -0.39 is 10.1 Å². The molecule has 216 valence electrons. The van der Waals surface area contributed by atoms with Crippen molar-refractivity contribution in [3.63, 3.8) is 0 Å². The van der Waals surface area contributed by atoms with Crippen LogP contribution < -0.4 is 0 Å². The number of ketones is 1. The van der Waals surface area contributed by atoms with Gasteiger partial charge in [0.05, 0.1) is 18.1 Å². The summed E-state index contributed by atoms with van der Waals surface area (Å²) in [7, 11) is -2.36. The summed E-state index contributed by atoms with van der Waals surface area (Å²) < 4.78 is 36.6. The van der Waals surface area contributed by atoms with Crippen LogP contribution in [0.3, 0.4) is 0 Å². The maximum Gasteiger partial charge on any atom is 0.305 e. The molecule has 0 unspecified atom stereocenters. The molecule has 0 N–H and O–H groups in total. The van der Waals surface area contributed by atoms with Gasteiger partial charge in [0.2, 0.25) is 0 Å². The molecule has 0 aromatic heterocycles. The maximum absolute atomic E-state index is 14.0. The summed E-state index contributed by atoms with van der Waals surface area (Å²) in [5, 5.41) is 0. The van der Waals surface area contributed by atoms with Gasteiger partial charge in [0.15, 0.2) is 0 Å². The predicted octanol–water partition coefficient (Wildman–Crippen LogP) is 6.50. The Morgan fingerprint density at radius 3 is 2.46 bits per heavy atom. The fourth-order valence-electron chi connectivity index (χ4n) is 9.54. The summed E-state index contributed by atoms with van der Waals surface area (Å²) in [4.78, 5) is 26.0. The molecule has 7 heteroatoms. The lowest BCUT2D eigenvalue weighted by molar-refractivity contribution is -0.160. The second-order valence-electron chi connectivity index (χ2n) is 13.6. The predicted molar refractivity (Wildman–Crippen MR) is 149 cm³/mol. The van der Waals surface area contributed by atoms with Crippen LogP contribution in [0.15, 0.2) is 29.2 Å². The number of Topliss-reactive ketones (excluding diaryl/α,β-unsaturated/α-hetero) is 1. The number of hydrogen-bond acceptors (Lipinski definition) is 6. The van der Waals surface area contributed by atoms with Crippen LogP contribution in [0, 0.1) is 53.3 Å². The molecule has 5 rings (SSSR count). The molecule has 39 heavy (non-hydrogen) atoms. The highest BCUT2D eigenvalue weighted by Crippen LogP contribution is 2.67. The number of hydrogen-bond donors (Lipinski definition) is 0. The Kier molecular flexibility index (Phi) is 7.82. The first kappa shape index (κ1) is 28.8. The van der Waals surface area contributed by atoms with Crippen molar-refractivity contribution in [2.45, 2.75) is 103 Å². The summed E-state index contributed by atoms with van der Waals surface area (Å²) in [6.45, 7) is 8.76. The van der Waals surface area contributed by atoms with Gasteiger partial charge in [0, 0.05) is 18.3 Å². The summed E-state index contributed by atoms with van der Waals surface area (Å²) in [5.41, 5.74) is 0.756. The highest BCUT2D eigenvalue weighted by Gasteiger charge is 2.64. The highest BCUT2D eigenvalue weighted by molar-refractivity contribution is 7.86. The molecule has 4 aliphatic carbocycles. The van der Waals surface area contributed by atoms with E-state index in [9.17, 15) is 18.0 Å². The Morgan fingerprint density at radius 2 is 1.77 bits per heavy atom. The van der Waals surface area contributed by atoms with Gasteiger partial charge in [-0.2, -0.15) is 8.42 Å². The van der Waals surface area contributed by atoms with E-state index in [0.717, 1.165) is 50.5 Å². The monoisotopic (exact) mass is 558 g/mol. The van der Waals surface area contributed by atoms with Crippen LogP contribution in [0.2, 0.25) is 0 Å². The molecule has 9 atom stereocenters. The van der Waals surface area contributed by atoms with Crippen LogP contribution in [0.4, 0.5) is 0 Å². The molecular formula is C32H46O6S. The number of fused-ring (bicyclic) bond motifs is 5. The summed E-state index contributed by atoms with van der Waals surface area (Å²) in [5.74, 6) is 2.57. The van der Waals surface area contributed by atoms with Gasteiger partial charge >= 0.3 is 5.97 Å². The molecule has 0 bridgehead atoms. The second-order valence-corrected chi connectivity index (χ2v) is 15.2. The average Bonchev–Trinajstić information content (AvgIpc) is 3.26. The molecule has 0 heterocycles. The van der Waals surface area contributed by atoms with Gasteiger partial charge in [-0.1, -0.05) is 38.5 Å². The lowest BCUT2D eigenvalue weighted by Gasteiger charge is -2.60. The smallest absolute Gasteiger partial charge is 0.305 e. The number of methoxy groups -OCH3 is 1. The zero-order valence-electron chi connectivity index (χ0n) is 24.3. The van der Waals surface area contributed by atoms with Crippen molar-refractivity contribution in [3.8, 4) is 0 Å². The van der Waals surface area contributed by atoms with Crippen molar-refractivity contribution in [1.29, 1.82) is 0 Å². The Bertz CT molecular complexity index is 1190. The third kappa shape index (κ3) is 5.00. The maximum atomic E-state index is 14.0. The van der Waals surface area contributed by atoms with Gasteiger partial charge in [0.25, 0.3) is 10.1 Å². The molecule has 4 saturated carbocycles. The average molecular weight is 559 g/mol. The first-order valence-electron chi connectivity index (χ1n) is 15.0. The van der Waals surface area contributed by atoms with Gasteiger partial charge in [-0.05, 0) is 111 Å². The lowest BCUT2D eigenvalue weighted by atomic mass is 9.44. The number of aryl methyl sites for hydroxylation is 1. The van der Waals surface area contributed by atoms with E-state index in [1.807, 2.05) is 6.92 Å². The summed E-state index contributed by atoms with van der Waals surface area (Å²) in [6.07, 6.45) is 8.22. The summed E-state index contributed by atoms with van der Waals surface area (Å²) in [6, 6.07) is 6.85. The number of benzene rings is 1. The normalized spacial score (nSPS) is 38.8. The van der Waals surface area contributed by atoms with Crippen molar-refractivity contribution in [1.82, 2.24) is 0 Å². The first-order chi connectivity index (χ1) is 18.4. The highest BCUT2D eigenvalue weighted by atomic mass is 32.2. The van der Waals surface area contributed by atoms with Crippen LogP contribution in [0.1, 0.15) is 90.5 Å². The molecule has 0 spiro atoms. The third-order valence-corrected chi connectivity index (χ3v) is 13.2. The third-order valence-electron chi connectivity index (χ3n) is 11.8. The first-order valence-corrected chi connectivity index (χ1v) is 16.4. The lowest BCUT2D eigenvalue weighted by Crippen LogP contribution is -2.57. The van der Waals surface area contributed by atoms with E-state index in [4.69, 9.17) is 8.92 Å². The van der Waals surface area contributed by atoms with Gasteiger partial charge < -0.3 is 4.74 Å². The number of carbonyl (C=O) groups is 2. The number of esters is 1. The minimum absolute atomic E-state index is 0.0436. The van der Waals surface area contributed by atoms with E-state index in [1.54, 1.807) is 24.3 Å². The van der Waals surface area contributed by atoms with Crippen LogP contribution in [-0.2, 0) is 28.6 Å². The number of carbonyl (C=O) groups excluding carboxylic acids is 2. The Labute approximate surface area is 234 Å². The number of ether oxygens (including phenoxy) is 1. The molecule has 0 radical (unpaired) electrons. The van der Waals surface area contributed by atoms with Crippen molar-refractivity contribution >= 4 is 21.9 Å². The minimum atomic E-state index is -3.80. The van der Waals surface area contributed by atoms with Crippen LogP contribution in [0.25, 0.3) is 0 Å². The summed E-state index contributed by atoms with van der Waals surface area (Å²) >= 11 is 0. The largest absolute Gasteiger partial charge is 0.469 e. The van der Waals surface area contributed by atoms with Gasteiger partial charge in [-0.15, -0.1) is 0 Å². The molecular weight excluding hydrogens is 512 g/mol. The molecule has 0 aliphatic heterocycles. The Morgan fingerprint density at radius 1 is 1.05 bits per heavy atom. The molecule has 0 saturated heterocycles. The molecule has 4 aliphatic rings. The zero-order chi connectivity index (χ0) is 28.2. The van der Waals surface area contributed by atoms with E-state index in [1.165, 1.54) is 7.11 Å². The van der Waals surface area contributed by atoms with Gasteiger partial charge in [0.1, 0.15) is 5.78 Å². The minimum Gasteiger partial charge on any atom is -0.469 e. The molecule has 1 aromatic carbocycles. The van der Waals surface area contributed by atoms with Gasteiger partial charge in [-0.25, -0.2) is 0 Å². The Balaban J connectivity index is 1.28. The van der Waals surface area contributed by atoms with Crippen molar-refractivity contribution < 1.29 is 26.9 Å². The van der Waals surface area contributed by atoms with E-state index >= 15 is 0 Å². The number of rotatable bonds is 7. The molecule has 1 aromatic rings. The van der Waals surface area contributed by atoms with E-state index in [2.05, 4.69) is 20.8 Å². The molecule has 0 amide bonds. The Hall–Kier alpha value is -1.73. The van der Waals surface area contributed by atoms with E-state index in [0.29, 0.717) is 60.6 Å². The quantitative estimate of drug-likeness (QED) is 0.281. The van der Waals surface area contributed by atoms with Crippen LogP contribution in [0.5, 0.6) is 0 Å². The fraction of sp³-hybridized carbons (Fsp3) is 0.750. The van der Waals surface area contributed by atoms with E-state index in [-0.39, 0.29) is 27.8 Å². The van der Waals surface area contributed by atoms with Crippen molar-refractivity contribution in [2.75, 3.05) is 7.11 Å². The molecule has 6 nitrogen and oxygen atoms in total. The molecule has 4 fully saturated rings. The van der Waals surface area contributed by atoms with Crippen molar-refractivity contribution in [2.24, 2.45) is 46.3 Å². The second kappa shape index (κ2) is 10.6. The fourth-order valence-corrected chi connectivity index (χ4v) is 10.7. The van der Waals surface area contributed by atoms with Crippen molar-refractivity contribution in [3.05, 3.63) is 29.8 Å². The van der Waals surface area contributed by atoms with Gasteiger partial charge in [-0.3, -0.25) is 13.8 Å². The standard InChI is InChI=1S/C32H46O6S/c1-20-6-10-24(11-7-20)39(35,36)38-23-16-17-31(3)22(18-23)9-12-25-27-14-13-26(21(2)8-15-30(34)37-5)32(27,4)29(33)19-28(25)31/h6-7,10-11,21-23,25-28H,8-9,12-19H2,1-5H3/t21-,22+,23+,25-,26-,27+,28+,31-,32+/m0/s1. The van der Waals surface area contributed by atoms with Crippen LogP contribution in [-0.4, -0.2) is 33.4 Å². The zero-order valence-corrected chi connectivity index (χ0v) is 25.1. The van der Waals surface area contributed by atoms with Crippen LogP contribution >= 0.6 is 0 Å².